The number of hydrogen-bond donors (Lipinski definition) is 5. The van der Waals surface area contributed by atoms with Crippen molar-refractivity contribution in [3.63, 3.8) is 0 Å². The molecule has 0 aromatic carbocycles. The van der Waals surface area contributed by atoms with Crippen LogP contribution >= 0.6 is 0 Å². The van der Waals surface area contributed by atoms with Gasteiger partial charge in [-0.3, -0.25) is 9.59 Å². The molecule has 0 spiro atoms. The van der Waals surface area contributed by atoms with Crippen molar-refractivity contribution < 1.29 is 34.8 Å². The number of β-amino-alcohol motifs (C(OH)–C–C–N with tert-alkyl or cyclic N) is 1. The van der Waals surface area contributed by atoms with Crippen LogP contribution in [0.2, 0.25) is 0 Å². The molecule has 1 saturated heterocycles. The number of amides is 2. The summed E-state index contributed by atoms with van der Waals surface area (Å²) in [5, 5.41) is 42.6. The van der Waals surface area contributed by atoms with Gasteiger partial charge in [0, 0.05) is 20.7 Å². The molecule has 1 aliphatic rings. The predicted octanol–water partition coefficient (Wildman–Crippen LogP) is -1.61. The van der Waals surface area contributed by atoms with Crippen LogP contribution in [0.25, 0.3) is 0 Å². The van der Waals surface area contributed by atoms with Gasteiger partial charge >= 0.3 is 0 Å². The van der Waals surface area contributed by atoms with Crippen molar-refractivity contribution in [3.05, 3.63) is 12.2 Å². The number of nitrogens with zero attached hydrogens (tertiary/aromatic N) is 1. The second-order valence-corrected chi connectivity index (χ2v) is 7.27. The minimum atomic E-state index is -1.70. The molecule has 0 aliphatic carbocycles. The summed E-state index contributed by atoms with van der Waals surface area (Å²) in [6, 6.07) is -0.868. The average molecular weight is 388 g/mol. The van der Waals surface area contributed by atoms with E-state index in [1.165, 1.54) is 25.1 Å². The van der Waals surface area contributed by atoms with E-state index in [0.717, 1.165) is 0 Å². The third-order valence-electron chi connectivity index (χ3n) is 4.48. The highest BCUT2D eigenvalue weighted by Gasteiger charge is 2.37. The number of methoxy groups -OCH3 is 1. The van der Waals surface area contributed by atoms with Crippen molar-refractivity contribution in [2.24, 2.45) is 5.92 Å². The Labute approximate surface area is 159 Å². The Bertz CT molecular complexity index is 526. The number of likely N-dealkylation sites (tertiary alicyclic amines) is 1. The first-order chi connectivity index (χ1) is 12.6. The fraction of sp³-hybridized carbons (Fsp3) is 0.778. The van der Waals surface area contributed by atoms with E-state index in [9.17, 15) is 30.0 Å². The number of ether oxygens (including phenoxy) is 1. The molecule has 0 radical (unpaired) electrons. The topological polar surface area (TPSA) is 140 Å². The molecule has 0 saturated carbocycles. The van der Waals surface area contributed by atoms with E-state index in [1.54, 1.807) is 6.08 Å². The Morgan fingerprint density at radius 3 is 2.41 bits per heavy atom. The van der Waals surface area contributed by atoms with E-state index in [4.69, 9.17) is 4.74 Å². The van der Waals surface area contributed by atoms with Crippen molar-refractivity contribution >= 4 is 11.8 Å². The second-order valence-electron chi connectivity index (χ2n) is 7.27. The van der Waals surface area contributed by atoms with Crippen LogP contribution in [-0.2, 0) is 14.3 Å². The van der Waals surface area contributed by atoms with Gasteiger partial charge in [-0.05, 0) is 18.8 Å². The van der Waals surface area contributed by atoms with E-state index in [-0.39, 0.29) is 24.8 Å². The van der Waals surface area contributed by atoms with Crippen LogP contribution in [0, 0.1) is 5.92 Å². The Kier molecular flexibility index (Phi) is 9.34. The van der Waals surface area contributed by atoms with E-state index < -0.39 is 42.5 Å². The summed E-state index contributed by atoms with van der Waals surface area (Å²) in [6.45, 7) is 3.94. The Morgan fingerprint density at radius 1 is 1.22 bits per heavy atom. The van der Waals surface area contributed by atoms with E-state index >= 15 is 0 Å². The summed E-state index contributed by atoms with van der Waals surface area (Å²) in [7, 11) is 2.71. The van der Waals surface area contributed by atoms with Gasteiger partial charge in [0.25, 0.3) is 5.91 Å². The lowest BCUT2D eigenvalue weighted by Gasteiger charge is -2.28. The van der Waals surface area contributed by atoms with E-state index in [2.05, 4.69) is 5.32 Å². The molecule has 0 aromatic heterocycles. The number of aliphatic hydroxyl groups is 4. The number of nitrogens with one attached hydrogen (secondary N) is 1. The molecule has 1 fully saturated rings. The van der Waals surface area contributed by atoms with E-state index in [1.807, 2.05) is 13.8 Å². The average Bonchev–Trinajstić information content (AvgIpc) is 2.72. The van der Waals surface area contributed by atoms with Gasteiger partial charge in [0.1, 0.15) is 24.4 Å². The fourth-order valence-electron chi connectivity index (χ4n) is 2.87. The first kappa shape index (κ1) is 23.5. The summed E-state index contributed by atoms with van der Waals surface area (Å²) in [5.74, 6) is -1.00. The zero-order valence-electron chi connectivity index (χ0n) is 16.3. The molecule has 1 unspecified atom stereocenters. The number of allylic oxidation sites excluding steroid dienone is 1. The largest absolute Gasteiger partial charge is 0.391 e. The lowest BCUT2D eigenvalue weighted by Crippen LogP contribution is -2.55. The maximum atomic E-state index is 12.5. The van der Waals surface area contributed by atoms with Gasteiger partial charge in [-0.1, -0.05) is 26.0 Å². The smallest absolute Gasteiger partial charge is 0.252 e. The number of aliphatic hydroxyl groups excluding tert-OH is 4. The molecule has 27 heavy (non-hydrogen) atoms. The standard InChI is InChI=1S/C18H32N2O7/c1-10(2)5-8-13(22)14(23)15(24)16(27-4)17(25)19-12-7-6-11(21)9-20(3)18(12)26/h5,8,10-16,21-24H,6-7,9H2,1-4H3,(H,19,25)/b8-5+/t11-,12?,13+,14-,15-,16+/m0/s1. The lowest BCUT2D eigenvalue weighted by atomic mass is 10.00. The molecular formula is C18H32N2O7. The maximum Gasteiger partial charge on any atom is 0.252 e. The molecule has 1 heterocycles. The summed E-state index contributed by atoms with van der Waals surface area (Å²) in [6.07, 6.45) is -3.30. The van der Waals surface area contributed by atoms with Crippen molar-refractivity contribution in [1.29, 1.82) is 0 Å². The van der Waals surface area contributed by atoms with Crippen LogP contribution in [0.3, 0.4) is 0 Å². The van der Waals surface area contributed by atoms with Crippen LogP contribution < -0.4 is 5.32 Å². The SMILES string of the molecule is CO[C@@H](C(=O)NC1CC[C@H](O)CN(C)C1=O)[C@@H](O)[C@@H](O)[C@H](O)/C=C/C(C)C. The van der Waals surface area contributed by atoms with Gasteiger partial charge in [-0.25, -0.2) is 0 Å². The molecule has 1 rings (SSSR count). The fourth-order valence-corrected chi connectivity index (χ4v) is 2.87. The summed E-state index contributed by atoms with van der Waals surface area (Å²) in [4.78, 5) is 26.1. The highest BCUT2D eigenvalue weighted by molar-refractivity contribution is 5.89. The normalized spacial score (nSPS) is 26.0. The van der Waals surface area contributed by atoms with Crippen molar-refractivity contribution in [2.75, 3.05) is 20.7 Å². The third kappa shape index (κ3) is 6.86. The second kappa shape index (κ2) is 10.7. The van der Waals surface area contributed by atoms with Gasteiger partial charge in [0.2, 0.25) is 5.91 Å². The van der Waals surface area contributed by atoms with Crippen molar-refractivity contribution in [1.82, 2.24) is 10.2 Å². The molecule has 1 aliphatic heterocycles. The van der Waals surface area contributed by atoms with Gasteiger partial charge in [-0.15, -0.1) is 0 Å². The Morgan fingerprint density at radius 2 is 1.85 bits per heavy atom. The highest BCUT2D eigenvalue weighted by atomic mass is 16.5. The molecule has 9 heteroatoms. The lowest BCUT2D eigenvalue weighted by molar-refractivity contribution is -0.151. The predicted molar refractivity (Wildman–Crippen MR) is 97.6 cm³/mol. The van der Waals surface area contributed by atoms with Crippen molar-refractivity contribution in [3.8, 4) is 0 Å². The monoisotopic (exact) mass is 388 g/mol. The third-order valence-corrected chi connectivity index (χ3v) is 4.48. The Hall–Kier alpha value is -1.52. The van der Waals surface area contributed by atoms with Crippen LogP contribution in [0.4, 0.5) is 0 Å². The summed E-state index contributed by atoms with van der Waals surface area (Å²) < 4.78 is 5.00. The molecule has 0 bridgehead atoms. The summed E-state index contributed by atoms with van der Waals surface area (Å²) in [5.41, 5.74) is 0. The number of likely N-dealkylation sites (N-methyl/N-ethyl adjacent to an activating group) is 1. The van der Waals surface area contributed by atoms with Crippen LogP contribution in [0.5, 0.6) is 0 Å². The number of rotatable bonds is 8. The minimum Gasteiger partial charge on any atom is -0.391 e. The van der Waals surface area contributed by atoms with Gasteiger partial charge in [-0.2, -0.15) is 0 Å². The number of hydrogen-bond acceptors (Lipinski definition) is 7. The molecule has 2 amide bonds. The van der Waals surface area contributed by atoms with Crippen LogP contribution in [0.15, 0.2) is 12.2 Å². The molecule has 5 N–H and O–H groups in total. The van der Waals surface area contributed by atoms with Crippen molar-refractivity contribution in [2.45, 2.75) is 63.3 Å². The Balaban J connectivity index is 2.78. The molecule has 9 nitrogen and oxygen atoms in total. The molecule has 0 aromatic rings. The minimum absolute atomic E-state index is 0.138. The quantitative estimate of drug-likeness (QED) is 0.315. The zero-order valence-corrected chi connectivity index (χ0v) is 16.3. The van der Waals surface area contributed by atoms with Gasteiger partial charge < -0.3 is 35.4 Å². The molecule has 156 valence electrons. The van der Waals surface area contributed by atoms with Gasteiger partial charge in [0.15, 0.2) is 6.10 Å². The van der Waals surface area contributed by atoms with Crippen LogP contribution in [0.1, 0.15) is 26.7 Å². The van der Waals surface area contributed by atoms with E-state index in [0.29, 0.717) is 6.42 Å². The number of carbonyl (C=O) groups is 2. The molecule has 6 atom stereocenters. The number of carbonyl (C=O) groups excluding carboxylic acids is 2. The molecular weight excluding hydrogens is 356 g/mol. The van der Waals surface area contributed by atoms with Gasteiger partial charge in [0.05, 0.1) is 6.10 Å². The maximum absolute atomic E-state index is 12.5. The summed E-state index contributed by atoms with van der Waals surface area (Å²) >= 11 is 0. The first-order valence-electron chi connectivity index (χ1n) is 9.07. The zero-order chi connectivity index (χ0) is 20.7. The first-order valence-corrected chi connectivity index (χ1v) is 9.07. The van der Waals surface area contributed by atoms with Crippen LogP contribution in [-0.4, -0.2) is 94.4 Å². The highest BCUT2D eigenvalue weighted by Crippen LogP contribution is 2.14.